The number of nitrogens with zero attached hydrogens (tertiary/aromatic N) is 3. The van der Waals surface area contributed by atoms with E-state index in [1.165, 1.54) is 23.5 Å². The number of hydrogen-bond acceptors (Lipinski definition) is 6. The van der Waals surface area contributed by atoms with E-state index in [1.807, 2.05) is 5.38 Å². The van der Waals surface area contributed by atoms with Gasteiger partial charge in [0.1, 0.15) is 16.5 Å². The van der Waals surface area contributed by atoms with Crippen LogP contribution in [0.4, 0.5) is 17.6 Å². The van der Waals surface area contributed by atoms with Gasteiger partial charge in [-0.15, -0.1) is 11.3 Å². The maximum Gasteiger partial charge on any atom is 0.490 e. The largest absolute Gasteiger partial charge is 0.490 e. The third-order valence-electron chi connectivity index (χ3n) is 5.25. The number of benzene rings is 1. The van der Waals surface area contributed by atoms with Gasteiger partial charge in [0.2, 0.25) is 0 Å². The summed E-state index contributed by atoms with van der Waals surface area (Å²) in [4.78, 5) is 28.1. The third-order valence-corrected chi connectivity index (χ3v) is 6.19. The normalized spacial score (nSPS) is 15.7. The highest BCUT2D eigenvalue weighted by atomic mass is 32.1. The lowest BCUT2D eigenvalue weighted by molar-refractivity contribution is -0.192. The van der Waals surface area contributed by atoms with E-state index < -0.39 is 12.1 Å². The number of hydrogen-bond donors (Lipinski definition) is 3. The van der Waals surface area contributed by atoms with Crippen LogP contribution in [0.3, 0.4) is 0 Å². The number of piperidine rings is 1. The van der Waals surface area contributed by atoms with Crippen molar-refractivity contribution in [3.05, 3.63) is 58.6 Å². The zero-order chi connectivity index (χ0) is 25.6. The van der Waals surface area contributed by atoms with E-state index in [4.69, 9.17) is 9.90 Å². The molecule has 0 bridgehead atoms. The Morgan fingerprint density at radius 2 is 1.94 bits per heavy atom. The number of amides is 1. The predicted molar refractivity (Wildman–Crippen MR) is 120 cm³/mol. The molecule has 1 aliphatic heterocycles. The van der Waals surface area contributed by atoms with E-state index in [0.29, 0.717) is 18.2 Å². The number of H-pyrrole nitrogens is 1. The van der Waals surface area contributed by atoms with Crippen LogP contribution >= 0.6 is 11.3 Å². The molecule has 188 valence electrons. The van der Waals surface area contributed by atoms with Gasteiger partial charge >= 0.3 is 12.1 Å². The number of carboxylic acids is 1. The van der Waals surface area contributed by atoms with Crippen LogP contribution in [-0.2, 0) is 11.3 Å². The number of nitrogens with one attached hydrogen (secondary N) is 2. The minimum atomic E-state index is -5.08. The highest BCUT2D eigenvalue weighted by molar-refractivity contribution is 7.13. The van der Waals surface area contributed by atoms with Crippen LogP contribution < -0.4 is 5.32 Å². The number of carbonyl (C=O) groups is 2. The summed E-state index contributed by atoms with van der Waals surface area (Å²) in [5.74, 6) is -2.81. The van der Waals surface area contributed by atoms with E-state index in [0.717, 1.165) is 47.8 Å². The summed E-state index contributed by atoms with van der Waals surface area (Å²) in [7, 11) is 1.77. The Morgan fingerprint density at radius 3 is 2.54 bits per heavy atom. The van der Waals surface area contributed by atoms with Gasteiger partial charge in [-0.2, -0.15) is 18.3 Å². The van der Waals surface area contributed by atoms with Crippen LogP contribution in [0.5, 0.6) is 0 Å². The van der Waals surface area contributed by atoms with Gasteiger partial charge in [-0.3, -0.25) is 9.89 Å². The van der Waals surface area contributed by atoms with Crippen LogP contribution in [0.1, 0.15) is 40.5 Å². The van der Waals surface area contributed by atoms with Gasteiger partial charge in [-0.05, 0) is 43.7 Å². The Hall–Kier alpha value is -3.32. The quantitative estimate of drug-likeness (QED) is 0.444. The van der Waals surface area contributed by atoms with Crippen LogP contribution in [0, 0.1) is 5.82 Å². The molecule has 0 saturated carbocycles. The van der Waals surface area contributed by atoms with Crippen molar-refractivity contribution >= 4 is 23.2 Å². The first kappa shape index (κ1) is 26.3. The maximum absolute atomic E-state index is 13.1. The molecule has 3 N–H and O–H groups in total. The van der Waals surface area contributed by atoms with Gasteiger partial charge in [0, 0.05) is 36.0 Å². The summed E-state index contributed by atoms with van der Waals surface area (Å²) < 4.78 is 44.8. The lowest BCUT2D eigenvalue weighted by Gasteiger charge is -2.23. The van der Waals surface area contributed by atoms with Crippen molar-refractivity contribution in [3.8, 4) is 10.6 Å². The zero-order valence-electron chi connectivity index (χ0n) is 18.6. The third kappa shape index (κ3) is 7.09. The van der Waals surface area contributed by atoms with Crippen molar-refractivity contribution in [3.63, 3.8) is 0 Å². The molecule has 1 fully saturated rings. The van der Waals surface area contributed by atoms with Crippen LogP contribution in [0.25, 0.3) is 10.6 Å². The number of alkyl halides is 3. The SMILES string of the molecule is CN(Cc1csc(-c2ccc(F)cc2)n1)C(=O)c1[nH]ncc1C1CCCNC1.O=C(O)C(F)(F)F. The highest BCUT2D eigenvalue weighted by Crippen LogP contribution is 2.27. The predicted octanol–water partition coefficient (Wildman–Crippen LogP) is 4.04. The molecule has 3 aromatic rings. The summed E-state index contributed by atoms with van der Waals surface area (Å²) in [6.45, 7) is 2.30. The summed E-state index contributed by atoms with van der Waals surface area (Å²) >= 11 is 1.49. The minimum Gasteiger partial charge on any atom is -0.475 e. The number of halogens is 4. The standard InChI is InChI=1S/C20H22FN5OS.C2HF3O2/c1-26(11-16-12-28-19(24-16)13-4-6-15(21)7-5-13)20(27)18-17(10-23-25-18)14-3-2-8-22-9-14;3-2(4,5)1(6)7/h4-7,10,12,14,22H,2-3,8-9,11H2,1H3,(H,23,25);(H,6,7). The average Bonchev–Trinajstić information content (AvgIpc) is 3.49. The number of aromatic amines is 1. The molecular formula is C22H23F4N5O3S. The van der Waals surface area contributed by atoms with Gasteiger partial charge in [0.05, 0.1) is 18.4 Å². The number of thiazole rings is 1. The second-order valence-electron chi connectivity index (χ2n) is 7.86. The molecule has 2 aromatic heterocycles. The van der Waals surface area contributed by atoms with Gasteiger partial charge in [-0.25, -0.2) is 14.2 Å². The zero-order valence-corrected chi connectivity index (χ0v) is 19.4. The summed E-state index contributed by atoms with van der Waals surface area (Å²) in [6.07, 6.45) is -1.15. The van der Waals surface area contributed by atoms with Crippen LogP contribution in [0.15, 0.2) is 35.8 Å². The van der Waals surface area contributed by atoms with Crippen LogP contribution in [0.2, 0.25) is 0 Å². The van der Waals surface area contributed by atoms with Crippen LogP contribution in [-0.4, -0.2) is 63.4 Å². The summed E-state index contributed by atoms with van der Waals surface area (Å²) in [6, 6.07) is 6.27. The Balaban J connectivity index is 0.000000429. The monoisotopic (exact) mass is 513 g/mol. The van der Waals surface area contributed by atoms with E-state index in [2.05, 4.69) is 20.5 Å². The lowest BCUT2D eigenvalue weighted by Crippen LogP contribution is -2.31. The molecule has 13 heteroatoms. The fourth-order valence-electron chi connectivity index (χ4n) is 3.50. The molecule has 1 saturated heterocycles. The number of aliphatic carboxylic acids is 1. The fraction of sp³-hybridized carbons (Fsp3) is 0.364. The molecule has 3 heterocycles. The van der Waals surface area contributed by atoms with E-state index >= 15 is 0 Å². The van der Waals surface area contributed by atoms with Crippen molar-refractivity contribution in [2.45, 2.75) is 31.5 Å². The second kappa shape index (κ2) is 11.4. The van der Waals surface area contributed by atoms with Gasteiger partial charge in [0.15, 0.2) is 0 Å². The second-order valence-corrected chi connectivity index (χ2v) is 8.72. The molecule has 0 aliphatic carbocycles. The van der Waals surface area contributed by atoms with Crippen molar-refractivity contribution in [2.75, 3.05) is 20.1 Å². The first-order chi connectivity index (χ1) is 16.6. The van der Waals surface area contributed by atoms with E-state index in [-0.39, 0.29) is 11.7 Å². The Kier molecular flexibility index (Phi) is 8.57. The number of carbonyl (C=O) groups excluding carboxylic acids is 1. The van der Waals surface area contributed by atoms with Crippen molar-refractivity contribution in [1.29, 1.82) is 0 Å². The van der Waals surface area contributed by atoms with Gasteiger partial charge in [-0.1, -0.05) is 0 Å². The molecule has 1 aromatic carbocycles. The van der Waals surface area contributed by atoms with Gasteiger partial charge in [0.25, 0.3) is 5.91 Å². The molecule has 1 unspecified atom stereocenters. The first-order valence-electron chi connectivity index (χ1n) is 10.6. The average molecular weight is 514 g/mol. The topological polar surface area (TPSA) is 111 Å². The van der Waals surface area contributed by atoms with Crippen molar-refractivity contribution < 1.29 is 32.3 Å². The van der Waals surface area contributed by atoms with E-state index in [1.54, 1.807) is 30.3 Å². The lowest BCUT2D eigenvalue weighted by atomic mass is 9.92. The smallest absolute Gasteiger partial charge is 0.475 e. The minimum absolute atomic E-state index is 0.0885. The molecule has 1 amide bonds. The Bertz CT molecular complexity index is 1140. The molecule has 0 radical (unpaired) electrons. The van der Waals surface area contributed by atoms with Crippen molar-refractivity contribution in [1.82, 2.24) is 25.4 Å². The Labute approximate surface area is 202 Å². The Morgan fingerprint density at radius 1 is 1.26 bits per heavy atom. The first-order valence-corrected chi connectivity index (χ1v) is 11.4. The molecule has 0 spiro atoms. The highest BCUT2D eigenvalue weighted by Gasteiger charge is 2.38. The fourth-order valence-corrected chi connectivity index (χ4v) is 4.32. The molecular weight excluding hydrogens is 490 g/mol. The van der Waals surface area contributed by atoms with E-state index in [9.17, 15) is 22.4 Å². The molecule has 4 rings (SSSR count). The molecule has 35 heavy (non-hydrogen) atoms. The number of aromatic nitrogens is 3. The van der Waals surface area contributed by atoms with Crippen molar-refractivity contribution in [2.24, 2.45) is 0 Å². The molecule has 1 atom stereocenters. The molecule has 8 nitrogen and oxygen atoms in total. The maximum atomic E-state index is 13.1. The summed E-state index contributed by atoms with van der Waals surface area (Å²) in [5.41, 5.74) is 3.22. The number of rotatable bonds is 5. The summed E-state index contributed by atoms with van der Waals surface area (Å²) in [5, 5.41) is 20.2. The molecule has 1 aliphatic rings. The van der Waals surface area contributed by atoms with Gasteiger partial charge < -0.3 is 15.3 Å². The number of carboxylic acid groups (broad SMARTS) is 1.